The van der Waals surface area contributed by atoms with Gasteiger partial charge < -0.3 is 9.72 Å². The molecule has 1 aliphatic heterocycles. The molecule has 2 aromatic rings. The van der Waals surface area contributed by atoms with Gasteiger partial charge in [0, 0.05) is 17.7 Å². The fourth-order valence-electron chi connectivity index (χ4n) is 3.30. The zero-order valence-corrected chi connectivity index (χ0v) is 11.5. The van der Waals surface area contributed by atoms with Crippen molar-refractivity contribution in [3.63, 3.8) is 0 Å². The zero-order valence-electron chi connectivity index (χ0n) is 11.5. The van der Waals surface area contributed by atoms with Gasteiger partial charge in [-0.05, 0) is 56.3 Å². The Kier molecular flexibility index (Phi) is 2.84. The van der Waals surface area contributed by atoms with Gasteiger partial charge in [0.2, 0.25) is 0 Å². The quantitative estimate of drug-likeness (QED) is 0.870. The molecule has 4 nitrogen and oxygen atoms in total. The van der Waals surface area contributed by atoms with E-state index in [2.05, 4.69) is 16.4 Å². The van der Waals surface area contributed by atoms with Crippen LogP contribution in [-0.4, -0.2) is 28.3 Å². The number of fused-ring (bicyclic) bond motifs is 1. The number of nitrogens with zero attached hydrogens (tertiary/aromatic N) is 2. The molecule has 2 aromatic heterocycles. The lowest BCUT2D eigenvalue weighted by molar-refractivity contribution is 0.0895. The van der Waals surface area contributed by atoms with E-state index in [1.54, 1.807) is 6.33 Å². The Morgan fingerprint density at radius 1 is 1.25 bits per heavy atom. The van der Waals surface area contributed by atoms with Crippen LogP contribution in [0.3, 0.4) is 0 Å². The summed E-state index contributed by atoms with van der Waals surface area (Å²) >= 11 is 0. The van der Waals surface area contributed by atoms with Crippen molar-refractivity contribution in [2.45, 2.75) is 31.6 Å². The van der Waals surface area contributed by atoms with E-state index in [4.69, 9.17) is 0 Å². The van der Waals surface area contributed by atoms with E-state index in [9.17, 15) is 4.79 Å². The summed E-state index contributed by atoms with van der Waals surface area (Å²) in [6.07, 6.45) is 10.0. The number of nitrogens with one attached hydrogen (secondary N) is 1. The van der Waals surface area contributed by atoms with Crippen LogP contribution in [0.4, 0.5) is 0 Å². The van der Waals surface area contributed by atoms with Crippen molar-refractivity contribution in [3.8, 4) is 0 Å². The molecule has 0 atom stereocenters. The van der Waals surface area contributed by atoms with Gasteiger partial charge in [-0.3, -0.25) is 4.79 Å². The van der Waals surface area contributed by atoms with Crippen LogP contribution in [0, 0.1) is 5.92 Å². The molecule has 4 heteroatoms. The van der Waals surface area contributed by atoms with Crippen LogP contribution in [0.2, 0.25) is 0 Å². The summed E-state index contributed by atoms with van der Waals surface area (Å²) in [6, 6.07) is 2.13. The van der Waals surface area contributed by atoms with E-state index in [0.29, 0.717) is 11.7 Å². The number of piperidine rings is 1. The van der Waals surface area contributed by atoms with Crippen molar-refractivity contribution in [2.24, 2.45) is 5.92 Å². The molecule has 0 aromatic carbocycles. The molecule has 2 fully saturated rings. The van der Waals surface area contributed by atoms with Crippen LogP contribution in [-0.2, 0) is 0 Å². The number of carbonyl (C=O) groups excluding carboxylic acids is 1. The van der Waals surface area contributed by atoms with Gasteiger partial charge >= 0.3 is 0 Å². The minimum absolute atomic E-state index is 0.176. The van der Waals surface area contributed by atoms with Gasteiger partial charge in [0.05, 0.1) is 18.0 Å². The Bertz CT molecular complexity index is 651. The standard InChI is InChI=1S/C16H19N3O/c20-16(12-3-6-17-7-4-12)15-13(11-1-2-11)5-8-19-10-18-9-14(15)19/h5,8-12,17H,1-4,6-7H2. The maximum Gasteiger partial charge on any atom is 0.168 e. The molecule has 2 aliphatic rings. The van der Waals surface area contributed by atoms with Crippen molar-refractivity contribution < 1.29 is 4.79 Å². The van der Waals surface area contributed by atoms with E-state index >= 15 is 0 Å². The molecule has 0 radical (unpaired) electrons. The van der Waals surface area contributed by atoms with Crippen LogP contribution >= 0.6 is 0 Å². The first-order valence-corrected chi connectivity index (χ1v) is 7.54. The lowest BCUT2D eigenvalue weighted by atomic mass is 9.87. The number of rotatable bonds is 3. The predicted molar refractivity (Wildman–Crippen MR) is 77.1 cm³/mol. The number of hydrogen-bond acceptors (Lipinski definition) is 3. The van der Waals surface area contributed by atoms with Gasteiger partial charge in [-0.25, -0.2) is 4.98 Å². The first-order chi connectivity index (χ1) is 9.84. The first kappa shape index (κ1) is 12.1. The molecular formula is C16H19N3O. The number of carbonyl (C=O) groups is 1. The third-order valence-electron chi connectivity index (χ3n) is 4.60. The SMILES string of the molecule is O=C(c1c(C2CC2)ccn2cncc12)C1CCNCC1. The number of pyridine rings is 1. The number of Topliss-reactive ketones (excluding diaryl/α,β-unsaturated/α-hetero) is 1. The van der Waals surface area contributed by atoms with Gasteiger partial charge in [0.15, 0.2) is 5.78 Å². The number of imidazole rings is 1. The van der Waals surface area contributed by atoms with Crippen LogP contribution in [0.25, 0.3) is 5.52 Å². The summed E-state index contributed by atoms with van der Waals surface area (Å²) in [5.74, 6) is 1.10. The minimum Gasteiger partial charge on any atom is -0.317 e. The highest BCUT2D eigenvalue weighted by Gasteiger charge is 2.32. The Labute approximate surface area is 118 Å². The lowest BCUT2D eigenvalue weighted by Crippen LogP contribution is -2.32. The molecule has 104 valence electrons. The summed E-state index contributed by atoms with van der Waals surface area (Å²) in [5.41, 5.74) is 3.18. The third-order valence-corrected chi connectivity index (χ3v) is 4.60. The average molecular weight is 269 g/mol. The molecule has 0 bridgehead atoms. The van der Waals surface area contributed by atoms with Gasteiger partial charge in [-0.1, -0.05) is 0 Å². The molecule has 0 spiro atoms. The molecule has 1 N–H and O–H groups in total. The summed E-state index contributed by atoms with van der Waals surface area (Å²) in [4.78, 5) is 17.2. The molecule has 1 aliphatic carbocycles. The molecule has 0 unspecified atom stereocenters. The first-order valence-electron chi connectivity index (χ1n) is 7.54. The Morgan fingerprint density at radius 3 is 2.80 bits per heavy atom. The molecule has 0 amide bonds. The Morgan fingerprint density at radius 2 is 2.05 bits per heavy atom. The van der Waals surface area contributed by atoms with E-state index in [-0.39, 0.29) is 5.92 Å². The second-order valence-electron chi connectivity index (χ2n) is 6.00. The van der Waals surface area contributed by atoms with Crippen LogP contribution in [0.1, 0.15) is 47.5 Å². The predicted octanol–water partition coefficient (Wildman–Crippen LogP) is 2.39. The summed E-state index contributed by atoms with van der Waals surface area (Å²) < 4.78 is 1.97. The van der Waals surface area contributed by atoms with E-state index in [1.807, 2.05) is 16.8 Å². The highest BCUT2D eigenvalue weighted by Crippen LogP contribution is 2.43. The fourth-order valence-corrected chi connectivity index (χ4v) is 3.30. The minimum atomic E-state index is 0.176. The van der Waals surface area contributed by atoms with Crippen LogP contribution in [0.5, 0.6) is 0 Å². The third kappa shape index (κ3) is 1.95. The molecule has 3 heterocycles. The number of aromatic nitrogens is 2. The Hall–Kier alpha value is -1.68. The van der Waals surface area contributed by atoms with E-state index < -0.39 is 0 Å². The monoisotopic (exact) mass is 269 g/mol. The normalized spacial score (nSPS) is 20.4. The van der Waals surface area contributed by atoms with Crippen LogP contribution < -0.4 is 5.32 Å². The average Bonchev–Trinajstić information content (AvgIpc) is 3.23. The summed E-state index contributed by atoms with van der Waals surface area (Å²) in [6.45, 7) is 1.91. The highest BCUT2D eigenvalue weighted by atomic mass is 16.1. The number of ketones is 1. The summed E-state index contributed by atoms with van der Waals surface area (Å²) in [7, 11) is 0. The van der Waals surface area contributed by atoms with Gasteiger partial charge in [-0.2, -0.15) is 0 Å². The van der Waals surface area contributed by atoms with Crippen molar-refractivity contribution in [3.05, 3.63) is 35.9 Å². The van der Waals surface area contributed by atoms with Crippen molar-refractivity contribution in [1.29, 1.82) is 0 Å². The topological polar surface area (TPSA) is 46.4 Å². The van der Waals surface area contributed by atoms with Gasteiger partial charge in [0.25, 0.3) is 0 Å². The second-order valence-corrected chi connectivity index (χ2v) is 6.00. The maximum atomic E-state index is 13.0. The van der Waals surface area contributed by atoms with E-state index in [1.165, 1.54) is 18.4 Å². The highest BCUT2D eigenvalue weighted by molar-refractivity contribution is 6.05. The van der Waals surface area contributed by atoms with Crippen LogP contribution in [0.15, 0.2) is 24.8 Å². The van der Waals surface area contributed by atoms with Gasteiger partial charge in [0.1, 0.15) is 0 Å². The molecule has 20 heavy (non-hydrogen) atoms. The molecule has 1 saturated heterocycles. The van der Waals surface area contributed by atoms with Crippen molar-refractivity contribution in [2.75, 3.05) is 13.1 Å². The van der Waals surface area contributed by atoms with Crippen molar-refractivity contribution >= 4 is 11.3 Å². The fraction of sp³-hybridized carbons (Fsp3) is 0.500. The molecule has 4 rings (SSSR count). The number of hydrogen-bond donors (Lipinski definition) is 1. The van der Waals surface area contributed by atoms with E-state index in [0.717, 1.165) is 37.0 Å². The smallest absolute Gasteiger partial charge is 0.168 e. The summed E-state index contributed by atoms with van der Waals surface area (Å²) in [5, 5.41) is 3.33. The maximum absolute atomic E-state index is 13.0. The largest absolute Gasteiger partial charge is 0.317 e. The Balaban J connectivity index is 1.81. The molecular weight excluding hydrogens is 250 g/mol. The second kappa shape index (κ2) is 4.70. The molecule has 1 saturated carbocycles. The lowest BCUT2D eigenvalue weighted by Gasteiger charge is -2.23. The van der Waals surface area contributed by atoms with Crippen molar-refractivity contribution in [1.82, 2.24) is 14.7 Å². The van der Waals surface area contributed by atoms with Gasteiger partial charge in [-0.15, -0.1) is 0 Å². The zero-order chi connectivity index (χ0) is 13.5.